The minimum Gasteiger partial charge on any atom is -0.496 e. The lowest BCUT2D eigenvalue weighted by Crippen LogP contribution is -2.40. The summed E-state index contributed by atoms with van der Waals surface area (Å²) in [7, 11) is 1.63. The molecule has 1 aromatic rings. The third-order valence-electron chi connectivity index (χ3n) is 4.09. The van der Waals surface area contributed by atoms with Crippen molar-refractivity contribution in [1.29, 1.82) is 0 Å². The van der Waals surface area contributed by atoms with Gasteiger partial charge in [-0.05, 0) is 18.6 Å². The molecule has 0 radical (unpaired) electrons. The number of carbonyl (C=O) groups is 1. The Kier molecular flexibility index (Phi) is 5.49. The lowest BCUT2D eigenvalue weighted by Gasteiger charge is -2.28. The Morgan fingerprint density at radius 3 is 2.76 bits per heavy atom. The number of halogens is 2. The summed E-state index contributed by atoms with van der Waals surface area (Å²) in [6, 6.07) is 3.58. The van der Waals surface area contributed by atoms with Gasteiger partial charge in [0.1, 0.15) is 5.75 Å². The number of ether oxygens (including phenoxy) is 2. The molecule has 2 aliphatic rings. The predicted octanol–water partition coefficient (Wildman–Crippen LogP) is 2.46. The van der Waals surface area contributed by atoms with Gasteiger partial charge in [-0.3, -0.25) is 9.69 Å². The number of nitrogens with zero attached hydrogens (tertiary/aromatic N) is 1. The van der Waals surface area contributed by atoms with Gasteiger partial charge in [-0.25, -0.2) is 0 Å². The van der Waals surface area contributed by atoms with E-state index in [0.29, 0.717) is 10.6 Å². The van der Waals surface area contributed by atoms with Gasteiger partial charge >= 0.3 is 0 Å². The lowest BCUT2D eigenvalue weighted by atomic mass is 10.0. The van der Waals surface area contributed by atoms with E-state index < -0.39 is 0 Å². The van der Waals surface area contributed by atoms with Crippen molar-refractivity contribution in [3.63, 3.8) is 0 Å². The molecule has 0 N–H and O–H groups in total. The fraction of sp³-hybridized carbons (Fsp3) is 0.533. The van der Waals surface area contributed by atoms with Crippen molar-refractivity contribution >= 4 is 29.8 Å². The number of ketones is 1. The van der Waals surface area contributed by atoms with E-state index in [1.54, 1.807) is 13.2 Å². The van der Waals surface area contributed by atoms with Crippen LogP contribution in [0.2, 0.25) is 5.02 Å². The van der Waals surface area contributed by atoms with Crippen LogP contribution >= 0.6 is 24.0 Å². The number of hydrogen-bond donors (Lipinski definition) is 0. The molecule has 21 heavy (non-hydrogen) atoms. The van der Waals surface area contributed by atoms with E-state index in [0.717, 1.165) is 50.6 Å². The van der Waals surface area contributed by atoms with Crippen LogP contribution in [-0.4, -0.2) is 50.6 Å². The Morgan fingerprint density at radius 1 is 1.38 bits per heavy atom. The standard InChI is InChI=1S/C15H18ClNO3.ClH/c1-19-13-3-2-12(16)14-11(13)8-10(15(14)18)9-17-4-6-20-7-5-17;/h2-3,10H,4-9H2,1H3;1H. The molecule has 0 aromatic heterocycles. The Hall–Kier alpha value is -0.810. The third kappa shape index (κ3) is 3.19. The summed E-state index contributed by atoms with van der Waals surface area (Å²) in [6.45, 7) is 4.06. The SMILES string of the molecule is COc1ccc(Cl)c2c1CC(CN1CCOCC1)C2=O.Cl. The maximum Gasteiger partial charge on any atom is 0.169 e. The van der Waals surface area contributed by atoms with Gasteiger partial charge in [-0.15, -0.1) is 12.4 Å². The molecular weight excluding hydrogens is 313 g/mol. The van der Waals surface area contributed by atoms with E-state index in [-0.39, 0.29) is 24.1 Å². The summed E-state index contributed by atoms with van der Waals surface area (Å²) in [4.78, 5) is 14.9. The zero-order valence-corrected chi connectivity index (χ0v) is 13.5. The molecule has 1 heterocycles. The fourth-order valence-corrected chi connectivity index (χ4v) is 3.32. The number of benzene rings is 1. The van der Waals surface area contributed by atoms with Crippen LogP contribution in [0.4, 0.5) is 0 Å². The molecule has 116 valence electrons. The molecule has 3 rings (SSSR count). The summed E-state index contributed by atoms with van der Waals surface area (Å²) in [6.07, 6.45) is 0.718. The normalized spacial score (nSPS) is 21.8. The van der Waals surface area contributed by atoms with Crippen molar-refractivity contribution in [2.45, 2.75) is 6.42 Å². The summed E-state index contributed by atoms with van der Waals surface area (Å²) in [5.41, 5.74) is 1.62. The highest BCUT2D eigenvalue weighted by atomic mass is 35.5. The van der Waals surface area contributed by atoms with Crippen LogP contribution in [0.15, 0.2) is 12.1 Å². The maximum absolute atomic E-state index is 12.6. The molecule has 1 fully saturated rings. The molecule has 1 atom stereocenters. The molecule has 0 bridgehead atoms. The number of fused-ring (bicyclic) bond motifs is 1. The second-order valence-electron chi connectivity index (χ2n) is 5.28. The van der Waals surface area contributed by atoms with Crippen molar-refractivity contribution in [3.05, 3.63) is 28.3 Å². The smallest absolute Gasteiger partial charge is 0.169 e. The Labute approximate surface area is 135 Å². The van der Waals surface area contributed by atoms with Gasteiger partial charge in [-0.2, -0.15) is 0 Å². The lowest BCUT2D eigenvalue weighted by molar-refractivity contribution is 0.0308. The Morgan fingerprint density at radius 2 is 2.10 bits per heavy atom. The minimum atomic E-state index is -0.0168. The predicted molar refractivity (Wildman–Crippen MR) is 84.0 cm³/mol. The van der Waals surface area contributed by atoms with Crippen LogP contribution in [0.1, 0.15) is 15.9 Å². The van der Waals surface area contributed by atoms with Crippen molar-refractivity contribution in [2.24, 2.45) is 5.92 Å². The molecule has 1 aromatic carbocycles. The van der Waals surface area contributed by atoms with E-state index in [4.69, 9.17) is 21.1 Å². The fourth-order valence-electron chi connectivity index (χ4n) is 3.05. The monoisotopic (exact) mass is 331 g/mol. The van der Waals surface area contributed by atoms with Gasteiger partial charge < -0.3 is 9.47 Å². The summed E-state index contributed by atoms with van der Waals surface area (Å²) in [5, 5.41) is 0.537. The number of rotatable bonds is 3. The van der Waals surface area contributed by atoms with Crippen LogP contribution in [0.25, 0.3) is 0 Å². The van der Waals surface area contributed by atoms with Gasteiger partial charge in [0.05, 0.1) is 25.3 Å². The number of carbonyl (C=O) groups excluding carboxylic acids is 1. The molecule has 0 amide bonds. The molecule has 1 saturated heterocycles. The molecule has 1 unspecified atom stereocenters. The van der Waals surface area contributed by atoms with Crippen molar-refractivity contribution in [3.8, 4) is 5.75 Å². The number of methoxy groups -OCH3 is 1. The van der Waals surface area contributed by atoms with Gasteiger partial charge in [0.25, 0.3) is 0 Å². The van der Waals surface area contributed by atoms with E-state index >= 15 is 0 Å². The van der Waals surface area contributed by atoms with Crippen LogP contribution in [0.3, 0.4) is 0 Å². The zero-order chi connectivity index (χ0) is 14.1. The maximum atomic E-state index is 12.6. The van der Waals surface area contributed by atoms with Crippen LogP contribution < -0.4 is 4.74 Å². The van der Waals surface area contributed by atoms with Gasteiger partial charge in [0, 0.05) is 36.7 Å². The Balaban J connectivity index is 0.00000161. The minimum absolute atomic E-state index is 0. The second kappa shape index (κ2) is 6.97. The number of morpholine rings is 1. The first-order chi connectivity index (χ1) is 9.70. The molecule has 4 nitrogen and oxygen atoms in total. The summed E-state index contributed by atoms with van der Waals surface area (Å²) in [5.74, 6) is 0.898. The number of hydrogen-bond acceptors (Lipinski definition) is 4. The van der Waals surface area contributed by atoms with Crippen LogP contribution in [0.5, 0.6) is 5.75 Å². The highest BCUT2D eigenvalue weighted by Gasteiger charge is 2.35. The largest absolute Gasteiger partial charge is 0.496 e. The second-order valence-corrected chi connectivity index (χ2v) is 5.69. The van der Waals surface area contributed by atoms with Crippen molar-refractivity contribution in [2.75, 3.05) is 40.0 Å². The quantitative estimate of drug-likeness (QED) is 0.852. The van der Waals surface area contributed by atoms with E-state index in [2.05, 4.69) is 4.90 Å². The molecule has 6 heteroatoms. The van der Waals surface area contributed by atoms with E-state index in [1.807, 2.05) is 6.07 Å². The zero-order valence-electron chi connectivity index (χ0n) is 11.9. The molecule has 0 spiro atoms. The molecule has 0 saturated carbocycles. The van der Waals surface area contributed by atoms with Crippen LogP contribution in [-0.2, 0) is 11.2 Å². The highest BCUT2D eigenvalue weighted by Crippen LogP contribution is 2.38. The molecular formula is C15H19Cl2NO3. The summed E-state index contributed by atoms with van der Waals surface area (Å²) >= 11 is 6.19. The summed E-state index contributed by atoms with van der Waals surface area (Å²) < 4.78 is 10.7. The highest BCUT2D eigenvalue weighted by molar-refractivity contribution is 6.34. The van der Waals surface area contributed by atoms with Crippen molar-refractivity contribution in [1.82, 2.24) is 4.90 Å². The van der Waals surface area contributed by atoms with E-state index in [9.17, 15) is 4.79 Å². The van der Waals surface area contributed by atoms with Crippen LogP contribution in [0, 0.1) is 5.92 Å². The average molecular weight is 332 g/mol. The van der Waals surface area contributed by atoms with Gasteiger partial charge in [-0.1, -0.05) is 11.6 Å². The van der Waals surface area contributed by atoms with Gasteiger partial charge in [0.15, 0.2) is 5.78 Å². The van der Waals surface area contributed by atoms with E-state index in [1.165, 1.54) is 0 Å². The topological polar surface area (TPSA) is 38.8 Å². The molecule has 1 aliphatic heterocycles. The molecule has 1 aliphatic carbocycles. The van der Waals surface area contributed by atoms with Crippen molar-refractivity contribution < 1.29 is 14.3 Å². The first-order valence-corrected chi connectivity index (χ1v) is 7.28. The number of Topliss-reactive ketones (excluding diaryl/α,β-unsaturated/α-hetero) is 1. The first-order valence-electron chi connectivity index (χ1n) is 6.90. The average Bonchev–Trinajstić information content (AvgIpc) is 2.79. The first kappa shape index (κ1) is 16.6. The third-order valence-corrected chi connectivity index (χ3v) is 4.40. The Bertz CT molecular complexity index is 530. The van der Waals surface area contributed by atoms with Gasteiger partial charge in [0.2, 0.25) is 0 Å².